The highest BCUT2D eigenvalue weighted by molar-refractivity contribution is 4.85. The van der Waals surface area contributed by atoms with E-state index in [0.717, 1.165) is 0 Å². The molecule has 0 aromatic heterocycles. The molecule has 3 N–H and O–H groups in total. The van der Waals surface area contributed by atoms with Crippen LogP contribution in [-0.4, -0.2) is 57.9 Å². The molecule has 12 heavy (non-hydrogen) atoms. The van der Waals surface area contributed by atoms with Crippen molar-refractivity contribution in [2.75, 3.05) is 13.6 Å². The van der Waals surface area contributed by atoms with E-state index in [1.165, 1.54) is 7.05 Å². The third-order valence-corrected chi connectivity index (χ3v) is 2.65. The summed E-state index contributed by atoms with van der Waals surface area (Å²) in [5.41, 5.74) is 0. The van der Waals surface area contributed by atoms with Gasteiger partial charge < -0.3 is 25.2 Å². The maximum Gasteiger partial charge on any atom is 0.134 e. The van der Waals surface area contributed by atoms with Gasteiger partial charge in [-0.25, -0.2) is 0 Å². The predicted molar refractivity (Wildman–Crippen MR) is 41.9 cm³/mol. The van der Waals surface area contributed by atoms with Gasteiger partial charge in [0.05, 0.1) is 7.05 Å². The summed E-state index contributed by atoms with van der Waals surface area (Å²) in [5, 5.41) is 39.2. The zero-order valence-corrected chi connectivity index (χ0v) is 7.21. The van der Waals surface area contributed by atoms with Gasteiger partial charge in [-0.1, -0.05) is 0 Å². The average molecular weight is 177 g/mol. The molecule has 1 heterocycles. The zero-order valence-electron chi connectivity index (χ0n) is 7.21. The molecule has 1 fully saturated rings. The van der Waals surface area contributed by atoms with Crippen LogP contribution in [0.2, 0.25) is 0 Å². The van der Waals surface area contributed by atoms with E-state index in [1.807, 2.05) is 0 Å². The Labute approximate surface area is 71.0 Å². The summed E-state index contributed by atoms with van der Waals surface area (Å²) in [5.74, 6) is 0. The molecule has 1 aliphatic rings. The van der Waals surface area contributed by atoms with Gasteiger partial charge in [-0.2, -0.15) is 0 Å². The van der Waals surface area contributed by atoms with Gasteiger partial charge in [-0.15, -0.1) is 0 Å². The zero-order chi connectivity index (χ0) is 9.52. The summed E-state index contributed by atoms with van der Waals surface area (Å²) in [4.78, 5) is 0. The number of quaternary nitrogens is 1. The monoisotopic (exact) mass is 177 g/mol. The third kappa shape index (κ3) is 1.46. The number of hydrogen-bond donors (Lipinski definition) is 3. The Bertz CT molecular complexity index is 173. The first-order valence-corrected chi connectivity index (χ1v) is 3.96. The summed E-state index contributed by atoms with van der Waals surface area (Å²) in [6.45, 7) is 1.49. The standard InChI is InChI=1S/C7H15NO4/c1-4-6(10)7(11)5(9)3-8(4,2)12/h4-7,9-11H,3H2,1-2H3/t4?,5?,6-,7?,8?/m1/s1. The molecular formula is C7H15NO4. The van der Waals surface area contributed by atoms with Gasteiger partial charge in [0.2, 0.25) is 0 Å². The minimum atomic E-state index is -1.19. The molecule has 1 rings (SSSR count). The first kappa shape index (κ1) is 9.88. The van der Waals surface area contributed by atoms with E-state index >= 15 is 0 Å². The van der Waals surface area contributed by atoms with Crippen molar-refractivity contribution in [1.82, 2.24) is 0 Å². The third-order valence-electron chi connectivity index (χ3n) is 2.65. The maximum atomic E-state index is 11.5. The highest BCUT2D eigenvalue weighted by atomic mass is 16.6. The van der Waals surface area contributed by atoms with E-state index in [2.05, 4.69) is 0 Å². The molecule has 5 nitrogen and oxygen atoms in total. The van der Waals surface area contributed by atoms with Crippen molar-refractivity contribution in [3.8, 4) is 0 Å². The molecule has 0 aromatic rings. The molecule has 0 aliphatic carbocycles. The van der Waals surface area contributed by atoms with Crippen LogP contribution in [0.15, 0.2) is 0 Å². The van der Waals surface area contributed by atoms with Gasteiger partial charge >= 0.3 is 0 Å². The largest absolute Gasteiger partial charge is 0.633 e. The van der Waals surface area contributed by atoms with E-state index in [9.17, 15) is 20.5 Å². The summed E-state index contributed by atoms with van der Waals surface area (Å²) < 4.78 is -0.709. The van der Waals surface area contributed by atoms with Crippen LogP contribution in [0, 0.1) is 5.21 Å². The average Bonchev–Trinajstić information content (AvgIpc) is 1.97. The lowest BCUT2D eigenvalue weighted by Crippen LogP contribution is -2.66. The molecule has 0 aromatic carbocycles. The lowest BCUT2D eigenvalue weighted by molar-refractivity contribution is -0.899. The van der Waals surface area contributed by atoms with Crippen LogP contribution in [-0.2, 0) is 0 Å². The maximum absolute atomic E-state index is 11.5. The molecule has 72 valence electrons. The van der Waals surface area contributed by atoms with E-state index in [0.29, 0.717) is 0 Å². The predicted octanol–water partition coefficient (Wildman–Crippen LogP) is -1.58. The van der Waals surface area contributed by atoms with Gasteiger partial charge in [-0.3, -0.25) is 0 Å². The van der Waals surface area contributed by atoms with Crippen LogP contribution in [0.3, 0.4) is 0 Å². The van der Waals surface area contributed by atoms with Gasteiger partial charge in [0.25, 0.3) is 0 Å². The molecule has 5 heteroatoms. The highest BCUT2D eigenvalue weighted by Crippen LogP contribution is 2.23. The fourth-order valence-corrected chi connectivity index (χ4v) is 1.48. The van der Waals surface area contributed by atoms with Crippen molar-refractivity contribution in [2.45, 2.75) is 31.3 Å². The normalized spacial score (nSPS) is 55.5. The Morgan fingerprint density at radius 3 is 2.25 bits per heavy atom. The summed E-state index contributed by atoms with van der Waals surface area (Å²) >= 11 is 0. The topological polar surface area (TPSA) is 83.8 Å². The van der Waals surface area contributed by atoms with Crippen molar-refractivity contribution < 1.29 is 20.0 Å². The molecule has 1 saturated heterocycles. The van der Waals surface area contributed by atoms with Crippen LogP contribution in [0.4, 0.5) is 0 Å². The minimum absolute atomic E-state index is 0.0700. The number of hydrogen-bond acceptors (Lipinski definition) is 4. The molecule has 5 atom stereocenters. The first-order chi connectivity index (χ1) is 5.36. The van der Waals surface area contributed by atoms with E-state index in [4.69, 9.17) is 0 Å². The number of hydroxylamine groups is 3. The Morgan fingerprint density at radius 2 is 1.75 bits per heavy atom. The SMILES string of the molecule is CC1[C@@H](O)C(O)C(O)C[N+]1(C)[O-]. The molecule has 0 radical (unpaired) electrons. The number of likely N-dealkylation sites (tertiary alicyclic amines) is 1. The first-order valence-electron chi connectivity index (χ1n) is 3.96. The number of likely N-dealkylation sites (N-methyl/N-ethyl adjacent to an activating group) is 1. The Balaban J connectivity index is 2.78. The van der Waals surface area contributed by atoms with Gasteiger partial charge in [0, 0.05) is 0 Å². The van der Waals surface area contributed by atoms with Crippen LogP contribution < -0.4 is 0 Å². The molecular weight excluding hydrogens is 162 g/mol. The summed E-state index contributed by atoms with van der Waals surface area (Å²) in [6.07, 6.45) is -3.46. The Kier molecular flexibility index (Phi) is 2.42. The summed E-state index contributed by atoms with van der Waals surface area (Å²) in [7, 11) is 1.38. The molecule has 0 saturated carbocycles. The van der Waals surface area contributed by atoms with Crippen molar-refractivity contribution in [3.05, 3.63) is 5.21 Å². The van der Waals surface area contributed by atoms with Crippen LogP contribution >= 0.6 is 0 Å². The number of aliphatic hydroxyl groups excluding tert-OH is 3. The quantitative estimate of drug-likeness (QED) is 0.308. The van der Waals surface area contributed by atoms with Gasteiger partial charge in [-0.05, 0) is 6.92 Å². The van der Waals surface area contributed by atoms with Gasteiger partial charge in [0.1, 0.15) is 30.9 Å². The van der Waals surface area contributed by atoms with Crippen molar-refractivity contribution in [3.63, 3.8) is 0 Å². The second-order valence-corrected chi connectivity index (χ2v) is 3.65. The summed E-state index contributed by atoms with van der Waals surface area (Å²) in [6, 6.07) is -0.594. The lowest BCUT2D eigenvalue weighted by atomic mass is 9.95. The number of rotatable bonds is 0. The number of aliphatic hydroxyl groups is 3. The van der Waals surface area contributed by atoms with E-state index in [1.54, 1.807) is 6.92 Å². The fourth-order valence-electron chi connectivity index (χ4n) is 1.48. The van der Waals surface area contributed by atoms with Crippen LogP contribution in [0.25, 0.3) is 0 Å². The van der Waals surface area contributed by atoms with Crippen molar-refractivity contribution in [2.24, 2.45) is 0 Å². The van der Waals surface area contributed by atoms with Crippen LogP contribution in [0.1, 0.15) is 6.92 Å². The molecule has 0 amide bonds. The lowest BCUT2D eigenvalue weighted by Gasteiger charge is -2.51. The smallest absolute Gasteiger partial charge is 0.134 e. The van der Waals surface area contributed by atoms with Crippen molar-refractivity contribution in [1.29, 1.82) is 0 Å². The second-order valence-electron chi connectivity index (χ2n) is 3.65. The molecule has 4 unspecified atom stereocenters. The molecule has 0 spiro atoms. The van der Waals surface area contributed by atoms with Crippen LogP contribution in [0.5, 0.6) is 0 Å². The Morgan fingerprint density at radius 1 is 1.25 bits per heavy atom. The van der Waals surface area contributed by atoms with E-state index < -0.39 is 29.0 Å². The van der Waals surface area contributed by atoms with Crippen molar-refractivity contribution >= 4 is 0 Å². The molecule has 1 aliphatic heterocycles. The fraction of sp³-hybridized carbons (Fsp3) is 1.00. The Hall–Kier alpha value is -0.200. The van der Waals surface area contributed by atoms with E-state index in [-0.39, 0.29) is 6.54 Å². The van der Waals surface area contributed by atoms with Gasteiger partial charge in [0.15, 0.2) is 0 Å². The highest BCUT2D eigenvalue weighted by Gasteiger charge is 2.43. The minimum Gasteiger partial charge on any atom is -0.633 e. The number of piperidine rings is 1. The molecule has 0 bridgehead atoms. The second kappa shape index (κ2) is 2.93. The number of nitrogens with zero attached hydrogens (tertiary/aromatic N) is 1.